The molecule has 2 nitrogen and oxygen atoms in total. The molecule has 0 radical (unpaired) electrons. The van der Waals surface area contributed by atoms with Gasteiger partial charge in [0.25, 0.3) is 0 Å². The van der Waals surface area contributed by atoms with E-state index in [1.807, 2.05) is 25.4 Å². The first kappa shape index (κ1) is 8.60. The van der Waals surface area contributed by atoms with Gasteiger partial charge in [0.05, 0.1) is 10.5 Å². The van der Waals surface area contributed by atoms with Gasteiger partial charge in [-0.25, -0.2) is 0 Å². The average Bonchev–Trinajstić information content (AvgIpc) is 2.50. The van der Waals surface area contributed by atoms with Crippen molar-refractivity contribution in [3.8, 4) is 0 Å². The fraction of sp³-hybridized carbons (Fsp3) is 0.200. The number of fused-ring (bicyclic) bond motifs is 1. The van der Waals surface area contributed by atoms with Gasteiger partial charge in [-0.05, 0) is 12.6 Å². The van der Waals surface area contributed by atoms with Crippen LogP contribution in [0.4, 0.5) is 0 Å². The molecule has 0 unspecified atom stereocenters. The molecule has 0 bridgehead atoms. The normalized spacial score (nSPS) is 10.9. The van der Waals surface area contributed by atoms with Crippen LogP contribution in [0, 0.1) is 0 Å². The van der Waals surface area contributed by atoms with Crippen LogP contribution in [0.3, 0.4) is 0 Å². The molecule has 0 amide bonds. The lowest BCUT2D eigenvalue weighted by Crippen LogP contribution is -2.05. The summed E-state index contributed by atoms with van der Waals surface area (Å²) in [4.78, 5) is 3.17. The number of para-hydroxylation sites is 1. The molecule has 1 heterocycles. The van der Waals surface area contributed by atoms with Gasteiger partial charge in [-0.1, -0.05) is 29.8 Å². The van der Waals surface area contributed by atoms with Crippen LogP contribution < -0.4 is 5.32 Å². The molecule has 2 N–H and O–H groups in total. The molecule has 1 aromatic carbocycles. The quantitative estimate of drug-likeness (QED) is 0.756. The second-order valence-corrected chi connectivity index (χ2v) is 3.41. The summed E-state index contributed by atoms with van der Waals surface area (Å²) in [6.45, 7) is 0.855. The van der Waals surface area contributed by atoms with Gasteiger partial charge in [-0.3, -0.25) is 0 Å². The predicted octanol–water partition coefficient (Wildman–Crippen LogP) is 2.54. The summed E-state index contributed by atoms with van der Waals surface area (Å²) in [5.74, 6) is 0. The summed E-state index contributed by atoms with van der Waals surface area (Å²) in [5.41, 5.74) is 2.37. The number of nitrogens with one attached hydrogen (secondary N) is 2. The minimum Gasteiger partial charge on any atom is -0.359 e. The molecule has 0 saturated carbocycles. The molecule has 0 fully saturated rings. The highest BCUT2D eigenvalue weighted by Crippen LogP contribution is 2.25. The van der Waals surface area contributed by atoms with Gasteiger partial charge in [0.2, 0.25) is 0 Å². The van der Waals surface area contributed by atoms with E-state index in [-0.39, 0.29) is 0 Å². The van der Waals surface area contributed by atoms with Crippen molar-refractivity contribution in [3.63, 3.8) is 0 Å². The van der Waals surface area contributed by atoms with Gasteiger partial charge in [-0.15, -0.1) is 0 Å². The van der Waals surface area contributed by atoms with E-state index in [0.29, 0.717) is 0 Å². The summed E-state index contributed by atoms with van der Waals surface area (Å²) < 4.78 is 0. The largest absolute Gasteiger partial charge is 0.359 e. The van der Waals surface area contributed by atoms with Crippen LogP contribution in [-0.4, -0.2) is 12.0 Å². The monoisotopic (exact) mass is 194 g/mol. The molecule has 68 valence electrons. The summed E-state index contributed by atoms with van der Waals surface area (Å²) in [6, 6.07) is 6.13. The minimum absolute atomic E-state index is 0.785. The maximum Gasteiger partial charge on any atom is 0.0659 e. The first-order valence-corrected chi connectivity index (χ1v) is 4.60. The van der Waals surface area contributed by atoms with Gasteiger partial charge in [0.1, 0.15) is 0 Å². The highest BCUT2D eigenvalue weighted by molar-refractivity contribution is 6.35. The van der Waals surface area contributed by atoms with Gasteiger partial charge >= 0.3 is 0 Å². The van der Waals surface area contributed by atoms with E-state index < -0.39 is 0 Å². The lowest BCUT2D eigenvalue weighted by atomic mass is 10.1. The Hall–Kier alpha value is -0.990. The molecule has 0 saturated heterocycles. The molecule has 0 aliphatic heterocycles. The summed E-state index contributed by atoms with van der Waals surface area (Å²) >= 11 is 5.99. The first-order valence-electron chi connectivity index (χ1n) is 4.22. The fourth-order valence-corrected chi connectivity index (χ4v) is 1.73. The van der Waals surface area contributed by atoms with Crippen LogP contribution in [0.5, 0.6) is 0 Å². The Labute approximate surface area is 81.9 Å². The van der Waals surface area contributed by atoms with Gasteiger partial charge < -0.3 is 10.3 Å². The third-order valence-corrected chi connectivity index (χ3v) is 2.43. The van der Waals surface area contributed by atoms with Crippen molar-refractivity contribution >= 4 is 22.5 Å². The molecular formula is C10H11ClN2. The number of hydrogen-bond donors (Lipinski definition) is 2. The van der Waals surface area contributed by atoms with Crippen LogP contribution in [0.25, 0.3) is 10.9 Å². The van der Waals surface area contributed by atoms with Crippen molar-refractivity contribution in [2.45, 2.75) is 6.54 Å². The summed E-state index contributed by atoms with van der Waals surface area (Å²) in [7, 11) is 1.93. The molecule has 0 spiro atoms. The van der Waals surface area contributed by atoms with E-state index in [2.05, 4.69) is 16.4 Å². The van der Waals surface area contributed by atoms with Gasteiger partial charge in [0.15, 0.2) is 0 Å². The van der Waals surface area contributed by atoms with Crippen LogP contribution >= 0.6 is 11.6 Å². The fourth-order valence-electron chi connectivity index (χ4n) is 1.52. The van der Waals surface area contributed by atoms with Crippen molar-refractivity contribution in [1.29, 1.82) is 0 Å². The molecule has 1 aromatic heterocycles. The van der Waals surface area contributed by atoms with Crippen molar-refractivity contribution in [2.24, 2.45) is 0 Å². The molecule has 0 aliphatic rings. The Morgan fingerprint density at radius 2 is 2.31 bits per heavy atom. The minimum atomic E-state index is 0.785. The van der Waals surface area contributed by atoms with Crippen LogP contribution in [0.1, 0.15) is 5.56 Å². The standard InChI is InChI=1S/C10H11ClN2/c1-12-5-7-3-2-4-8-9(11)6-13-10(7)8/h2-4,6,12-13H,5H2,1H3. The van der Waals surface area contributed by atoms with Crippen LogP contribution in [0.15, 0.2) is 24.4 Å². The Morgan fingerprint density at radius 1 is 1.46 bits per heavy atom. The summed E-state index contributed by atoms with van der Waals surface area (Å²) in [6.07, 6.45) is 1.82. The highest BCUT2D eigenvalue weighted by Gasteiger charge is 2.03. The zero-order valence-corrected chi connectivity index (χ0v) is 8.15. The number of halogens is 1. The molecule has 3 heteroatoms. The van der Waals surface area contributed by atoms with E-state index in [0.717, 1.165) is 22.5 Å². The van der Waals surface area contributed by atoms with E-state index in [1.165, 1.54) is 5.56 Å². The predicted molar refractivity (Wildman–Crippen MR) is 56.1 cm³/mol. The van der Waals surface area contributed by atoms with Crippen molar-refractivity contribution in [2.75, 3.05) is 7.05 Å². The van der Waals surface area contributed by atoms with E-state index in [9.17, 15) is 0 Å². The first-order chi connectivity index (χ1) is 6.33. The maximum atomic E-state index is 5.99. The molecule has 13 heavy (non-hydrogen) atoms. The number of benzene rings is 1. The number of aromatic nitrogens is 1. The Bertz CT molecular complexity index is 420. The molecule has 0 atom stereocenters. The zero-order valence-electron chi connectivity index (χ0n) is 7.39. The van der Waals surface area contributed by atoms with Crippen molar-refractivity contribution in [1.82, 2.24) is 10.3 Å². The van der Waals surface area contributed by atoms with Crippen LogP contribution in [0.2, 0.25) is 5.02 Å². The topological polar surface area (TPSA) is 27.8 Å². The molecule has 2 rings (SSSR count). The van der Waals surface area contributed by atoms with E-state index >= 15 is 0 Å². The summed E-state index contributed by atoms with van der Waals surface area (Å²) in [5, 5.41) is 5.00. The lowest BCUT2D eigenvalue weighted by Gasteiger charge is -2.01. The highest BCUT2D eigenvalue weighted by atomic mass is 35.5. The lowest BCUT2D eigenvalue weighted by molar-refractivity contribution is 0.822. The SMILES string of the molecule is CNCc1cccc2c(Cl)c[nH]c12. The second-order valence-electron chi connectivity index (χ2n) is 3.01. The Morgan fingerprint density at radius 3 is 3.08 bits per heavy atom. The molecule has 2 aromatic rings. The third-order valence-electron chi connectivity index (χ3n) is 2.12. The number of aromatic amines is 1. The van der Waals surface area contributed by atoms with Crippen molar-refractivity contribution in [3.05, 3.63) is 35.0 Å². The zero-order chi connectivity index (χ0) is 9.26. The van der Waals surface area contributed by atoms with Crippen LogP contribution in [-0.2, 0) is 6.54 Å². The second kappa shape index (κ2) is 3.40. The maximum absolute atomic E-state index is 5.99. The smallest absolute Gasteiger partial charge is 0.0659 e. The average molecular weight is 195 g/mol. The molecule has 0 aliphatic carbocycles. The third kappa shape index (κ3) is 1.43. The molecular weight excluding hydrogens is 184 g/mol. The van der Waals surface area contributed by atoms with E-state index in [4.69, 9.17) is 11.6 Å². The van der Waals surface area contributed by atoms with Gasteiger partial charge in [-0.2, -0.15) is 0 Å². The Kier molecular flexibility index (Phi) is 2.25. The Balaban J connectivity index is 2.63. The number of H-pyrrole nitrogens is 1. The number of rotatable bonds is 2. The van der Waals surface area contributed by atoms with E-state index in [1.54, 1.807) is 0 Å². The van der Waals surface area contributed by atoms with Gasteiger partial charge in [0, 0.05) is 18.1 Å². The van der Waals surface area contributed by atoms with Crippen molar-refractivity contribution < 1.29 is 0 Å². The number of hydrogen-bond acceptors (Lipinski definition) is 1.